The van der Waals surface area contributed by atoms with Crippen molar-refractivity contribution in [2.24, 2.45) is 0 Å². The predicted octanol–water partition coefficient (Wildman–Crippen LogP) is 5.68. The van der Waals surface area contributed by atoms with Gasteiger partial charge in [0.25, 0.3) is 0 Å². The molecule has 1 amide bonds. The van der Waals surface area contributed by atoms with Crippen LogP contribution in [0, 0.1) is 13.8 Å². The topological polar surface area (TPSA) is 69.0 Å². The van der Waals surface area contributed by atoms with Crippen molar-refractivity contribution in [3.8, 4) is 22.8 Å². The van der Waals surface area contributed by atoms with Gasteiger partial charge in [-0.1, -0.05) is 60.3 Å². The van der Waals surface area contributed by atoms with Crippen LogP contribution in [0.3, 0.4) is 0 Å². The fourth-order valence-corrected chi connectivity index (χ4v) is 4.42. The minimum absolute atomic E-state index is 0.0806. The van der Waals surface area contributed by atoms with E-state index in [1.165, 1.54) is 11.8 Å². The van der Waals surface area contributed by atoms with E-state index in [0.717, 1.165) is 33.8 Å². The van der Waals surface area contributed by atoms with Crippen LogP contribution in [0.1, 0.15) is 18.1 Å². The molecular formula is C26H26N4O2S. The highest BCUT2D eigenvalue weighted by Gasteiger charge is 2.22. The molecule has 0 aliphatic rings. The fourth-order valence-electron chi connectivity index (χ4n) is 3.55. The number of carbonyl (C=O) groups excluding carboxylic acids is 1. The van der Waals surface area contributed by atoms with E-state index in [4.69, 9.17) is 4.74 Å². The Labute approximate surface area is 198 Å². The largest absolute Gasteiger partial charge is 0.497 e. The van der Waals surface area contributed by atoms with Crippen LogP contribution < -0.4 is 10.1 Å². The van der Waals surface area contributed by atoms with Gasteiger partial charge in [-0.25, -0.2) is 0 Å². The molecule has 7 heteroatoms. The number of rotatable bonds is 7. The van der Waals surface area contributed by atoms with Crippen molar-refractivity contribution in [3.63, 3.8) is 0 Å². The number of methoxy groups -OCH3 is 1. The molecule has 168 valence electrons. The van der Waals surface area contributed by atoms with E-state index in [1.54, 1.807) is 7.11 Å². The number of nitrogens with zero attached hydrogens (tertiary/aromatic N) is 3. The highest BCUT2D eigenvalue weighted by molar-refractivity contribution is 8.00. The molecule has 0 radical (unpaired) electrons. The van der Waals surface area contributed by atoms with Crippen molar-refractivity contribution in [1.82, 2.24) is 14.8 Å². The Morgan fingerprint density at radius 2 is 1.67 bits per heavy atom. The lowest BCUT2D eigenvalue weighted by molar-refractivity contribution is -0.115. The van der Waals surface area contributed by atoms with Crippen LogP contribution in [0.4, 0.5) is 5.69 Å². The lowest BCUT2D eigenvalue weighted by Gasteiger charge is -2.16. The Balaban J connectivity index is 1.66. The first-order valence-corrected chi connectivity index (χ1v) is 11.5. The third-order valence-electron chi connectivity index (χ3n) is 5.36. The van der Waals surface area contributed by atoms with Crippen molar-refractivity contribution >= 4 is 23.4 Å². The van der Waals surface area contributed by atoms with Crippen LogP contribution in [0.2, 0.25) is 0 Å². The van der Waals surface area contributed by atoms with Crippen molar-refractivity contribution in [2.45, 2.75) is 31.2 Å². The first kappa shape index (κ1) is 22.6. The Hall–Kier alpha value is -3.58. The van der Waals surface area contributed by atoms with Gasteiger partial charge < -0.3 is 10.1 Å². The van der Waals surface area contributed by atoms with Gasteiger partial charge in [0.2, 0.25) is 5.91 Å². The molecule has 0 bridgehead atoms. The summed E-state index contributed by atoms with van der Waals surface area (Å²) in [4.78, 5) is 13.0. The standard InChI is InChI=1S/C26H26N4O2S/c1-17-10-8-11-18(2)23(17)27-25(31)19(3)33-26-29-28-24(20-12-9-15-22(16-20)32-4)30(26)21-13-6-5-7-14-21/h5-16,19H,1-4H3,(H,27,31). The van der Waals surface area contributed by atoms with Gasteiger partial charge in [0.15, 0.2) is 11.0 Å². The van der Waals surface area contributed by atoms with Gasteiger partial charge in [-0.3, -0.25) is 9.36 Å². The summed E-state index contributed by atoms with van der Waals surface area (Å²) >= 11 is 1.38. The van der Waals surface area contributed by atoms with Crippen LogP contribution >= 0.6 is 11.8 Å². The maximum Gasteiger partial charge on any atom is 0.237 e. The zero-order valence-corrected chi connectivity index (χ0v) is 19.9. The molecule has 1 unspecified atom stereocenters. The average molecular weight is 459 g/mol. The van der Waals surface area contributed by atoms with Crippen molar-refractivity contribution in [3.05, 3.63) is 83.9 Å². The quantitative estimate of drug-likeness (QED) is 0.361. The van der Waals surface area contributed by atoms with E-state index in [-0.39, 0.29) is 11.2 Å². The molecule has 1 heterocycles. The second-order valence-electron chi connectivity index (χ2n) is 7.73. The van der Waals surface area contributed by atoms with E-state index in [1.807, 2.05) is 98.1 Å². The number of aromatic nitrogens is 3. The van der Waals surface area contributed by atoms with Crippen LogP contribution in [0.15, 0.2) is 78.0 Å². The van der Waals surface area contributed by atoms with Gasteiger partial charge >= 0.3 is 0 Å². The smallest absolute Gasteiger partial charge is 0.237 e. The Kier molecular flexibility index (Phi) is 6.79. The second kappa shape index (κ2) is 9.92. The number of hydrogen-bond donors (Lipinski definition) is 1. The molecule has 3 aromatic carbocycles. The summed E-state index contributed by atoms with van der Waals surface area (Å²) in [6.07, 6.45) is 0. The first-order valence-electron chi connectivity index (χ1n) is 10.7. The van der Waals surface area contributed by atoms with Crippen LogP contribution in [0.25, 0.3) is 17.1 Å². The Bertz CT molecular complexity index is 1250. The molecule has 1 atom stereocenters. The van der Waals surface area contributed by atoms with Crippen molar-refractivity contribution in [2.75, 3.05) is 12.4 Å². The highest BCUT2D eigenvalue weighted by atomic mass is 32.2. The van der Waals surface area contributed by atoms with Crippen LogP contribution in [-0.2, 0) is 4.79 Å². The van der Waals surface area contributed by atoms with Crippen LogP contribution in [-0.4, -0.2) is 33.0 Å². The molecule has 0 saturated carbocycles. The van der Waals surface area contributed by atoms with Gasteiger partial charge in [0, 0.05) is 16.9 Å². The van der Waals surface area contributed by atoms with Crippen molar-refractivity contribution in [1.29, 1.82) is 0 Å². The van der Waals surface area contributed by atoms with Gasteiger partial charge in [0.05, 0.1) is 12.4 Å². The average Bonchev–Trinajstić information content (AvgIpc) is 3.25. The molecule has 6 nitrogen and oxygen atoms in total. The van der Waals surface area contributed by atoms with Gasteiger partial charge in [-0.05, 0) is 56.2 Å². The number of benzene rings is 3. The van der Waals surface area contributed by atoms with E-state index < -0.39 is 0 Å². The van der Waals surface area contributed by atoms with Crippen molar-refractivity contribution < 1.29 is 9.53 Å². The maximum atomic E-state index is 13.0. The molecule has 0 spiro atoms. The molecule has 1 N–H and O–H groups in total. The first-order chi connectivity index (χ1) is 16.0. The minimum atomic E-state index is -0.381. The number of amides is 1. The molecule has 1 aromatic heterocycles. The summed E-state index contributed by atoms with van der Waals surface area (Å²) in [5.41, 5.74) is 4.73. The van der Waals surface area contributed by atoms with E-state index in [0.29, 0.717) is 11.0 Å². The Morgan fingerprint density at radius 3 is 2.36 bits per heavy atom. The number of ether oxygens (including phenoxy) is 1. The number of anilines is 1. The second-order valence-corrected chi connectivity index (χ2v) is 9.03. The monoisotopic (exact) mass is 458 g/mol. The molecule has 0 aliphatic heterocycles. The maximum absolute atomic E-state index is 13.0. The third-order valence-corrected chi connectivity index (χ3v) is 6.40. The summed E-state index contributed by atoms with van der Waals surface area (Å²) in [5.74, 6) is 1.35. The Morgan fingerprint density at radius 1 is 0.970 bits per heavy atom. The number of hydrogen-bond acceptors (Lipinski definition) is 5. The fraction of sp³-hybridized carbons (Fsp3) is 0.192. The molecule has 0 fully saturated rings. The molecular weight excluding hydrogens is 432 g/mol. The van der Waals surface area contributed by atoms with Gasteiger partial charge in [0.1, 0.15) is 5.75 Å². The lowest BCUT2D eigenvalue weighted by atomic mass is 10.1. The molecule has 4 aromatic rings. The molecule has 33 heavy (non-hydrogen) atoms. The SMILES string of the molecule is COc1cccc(-c2nnc(SC(C)C(=O)Nc3c(C)cccc3C)n2-c2ccccc2)c1. The van der Waals surface area contributed by atoms with Gasteiger partial charge in [-0.2, -0.15) is 0 Å². The zero-order chi connectivity index (χ0) is 23.4. The number of aryl methyl sites for hydroxylation is 2. The molecule has 4 rings (SSSR count). The summed E-state index contributed by atoms with van der Waals surface area (Å²) in [6.45, 7) is 5.86. The van der Waals surface area contributed by atoms with E-state index in [9.17, 15) is 4.79 Å². The predicted molar refractivity (Wildman–Crippen MR) is 133 cm³/mol. The third kappa shape index (κ3) is 4.93. The van der Waals surface area contributed by atoms with Crippen LogP contribution in [0.5, 0.6) is 5.75 Å². The zero-order valence-electron chi connectivity index (χ0n) is 19.1. The number of carbonyl (C=O) groups is 1. The van der Waals surface area contributed by atoms with E-state index >= 15 is 0 Å². The number of nitrogens with one attached hydrogen (secondary N) is 1. The lowest BCUT2D eigenvalue weighted by Crippen LogP contribution is -2.23. The molecule has 0 aliphatic carbocycles. The number of para-hydroxylation sites is 2. The highest BCUT2D eigenvalue weighted by Crippen LogP contribution is 2.32. The minimum Gasteiger partial charge on any atom is -0.497 e. The number of thioether (sulfide) groups is 1. The summed E-state index contributed by atoms with van der Waals surface area (Å²) < 4.78 is 7.36. The normalized spacial score (nSPS) is 11.8. The van der Waals surface area contributed by atoms with Gasteiger partial charge in [-0.15, -0.1) is 10.2 Å². The van der Waals surface area contributed by atoms with E-state index in [2.05, 4.69) is 15.5 Å². The summed E-state index contributed by atoms with van der Waals surface area (Å²) in [5, 5.41) is 12.3. The summed E-state index contributed by atoms with van der Waals surface area (Å²) in [6, 6.07) is 23.6. The summed E-state index contributed by atoms with van der Waals surface area (Å²) in [7, 11) is 1.64. The molecule has 0 saturated heterocycles.